The van der Waals surface area contributed by atoms with Gasteiger partial charge >= 0.3 is 0 Å². The highest BCUT2D eigenvalue weighted by molar-refractivity contribution is 5.22. The Hall–Kier alpha value is -1.71. The van der Waals surface area contributed by atoms with Crippen LogP contribution in [-0.4, -0.2) is 11.7 Å². The molecule has 21 heavy (non-hydrogen) atoms. The first-order valence-corrected chi connectivity index (χ1v) is 7.38. The molecule has 0 saturated heterocycles. The monoisotopic (exact) mass is 287 g/mol. The molecule has 112 valence electrons. The number of halogens is 1. The van der Waals surface area contributed by atoms with E-state index in [9.17, 15) is 4.39 Å². The molecule has 0 aliphatic carbocycles. The summed E-state index contributed by atoms with van der Waals surface area (Å²) in [7, 11) is 0. The van der Waals surface area contributed by atoms with Crippen LogP contribution in [0.5, 0.6) is 0 Å². The largest absolute Gasteiger partial charge is 0.396 e. The van der Waals surface area contributed by atoms with Crippen molar-refractivity contribution in [1.29, 1.82) is 0 Å². The molecule has 0 fully saturated rings. The minimum absolute atomic E-state index is 0.120. The number of hydrogen-bond acceptors (Lipinski definition) is 2. The van der Waals surface area contributed by atoms with E-state index in [0.717, 1.165) is 18.4 Å². The second-order valence-electron chi connectivity index (χ2n) is 5.27. The molecule has 0 spiro atoms. The van der Waals surface area contributed by atoms with E-state index in [2.05, 4.69) is 24.4 Å². The molecule has 2 aromatic rings. The molecule has 2 unspecified atom stereocenters. The molecule has 2 atom stereocenters. The Morgan fingerprint density at radius 2 is 1.67 bits per heavy atom. The summed E-state index contributed by atoms with van der Waals surface area (Å²) in [4.78, 5) is 0. The lowest BCUT2D eigenvalue weighted by Crippen LogP contribution is -2.25. The van der Waals surface area contributed by atoms with Gasteiger partial charge in [-0.2, -0.15) is 0 Å². The maximum Gasteiger partial charge on any atom is 0.123 e. The number of benzene rings is 2. The molecule has 0 saturated carbocycles. The van der Waals surface area contributed by atoms with Gasteiger partial charge in [0.1, 0.15) is 5.82 Å². The molecule has 0 heterocycles. The van der Waals surface area contributed by atoms with E-state index in [1.165, 1.54) is 17.7 Å². The molecule has 2 nitrogen and oxygen atoms in total. The molecule has 0 radical (unpaired) electrons. The molecule has 0 aromatic heterocycles. The number of rotatable bonds is 7. The van der Waals surface area contributed by atoms with E-state index in [0.29, 0.717) is 0 Å². The van der Waals surface area contributed by atoms with Crippen LogP contribution in [0.3, 0.4) is 0 Å². The van der Waals surface area contributed by atoms with Gasteiger partial charge in [0.25, 0.3) is 0 Å². The summed E-state index contributed by atoms with van der Waals surface area (Å²) in [6.07, 6.45) is 1.62. The Bertz CT molecular complexity index is 527. The Balaban J connectivity index is 2.09. The van der Waals surface area contributed by atoms with Gasteiger partial charge in [-0.25, -0.2) is 4.39 Å². The van der Waals surface area contributed by atoms with Gasteiger partial charge in [0.2, 0.25) is 0 Å². The van der Waals surface area contributed by atoms with Crippen molar-refractivity contribution < 1.29 is 9.50 Å². The van der Waals surface area contributed by atoms with Crippen LogP contribution in [0, 0.1) is 5.82 Å². The summed E-state index contributed by atoms with van der Waals surface area (Å²) in [5.74, 6) is -0.217. The van der Waals surface area contributed by atoms with Gasteiger partial charge < -0.3 is 10.4 Å². The van der Waals surface area contributed by atoms with Crippen LogP contribution in [0.4, 0.5) is 4.39 Å². The van der Waals surface area contributed by atoms with Gasteiger partial charge in [-0.15, -0.1) is 0 Å². The molecular weight excluding hydrogens is 265 g/mol. The van der Waals surface area contributed by atoms with Gasteiger partial charge in [0.15, 0.2) is 0 Å². The third kappa shape index (κ3) is 4.66. The van der Waals surface area contributed by atoms with Crippen LogP contribution in [0.2, 0.25) is 0 Å². The zero-order chi connectivity index (χ0) is 15.1. The fourth-order valence-corrected chi connectivity index (χ4v) is 2.48. The normalized spacial score (nSPS) is 13.9. The summed E-state index contributed by atoms with van der Waals surface area (Å²) in [5, 5.41) is 12.6. The van der Waals surface area contributed by atoms with Crippen LogP contribution in [0.1, 0.15) is 43.0 Å². The van der Waals surface area contributed by atoms with Crippen molar-refractivity contribution in [2.75, 3.05) is 6.61 Å². The van der Waals surface area contributed by atoms with E-state index in [1.54, 1.807) is 12.1 Å². The third-order valence-corrected chi connectivity index (χ3v) is 3.67. The van der Waals surface area contributed by atoms with E-state index < -0.39 is 0 Å². The van der Waals surface area contributed by atoms with Gasteiger partial charge in [-0.1, -0.05) is 42.5 Å². The maximum atomic E-state index is 13.0. The maximum absolute atomic E-state index is 13.0. The summed E-state index contributed by atoms with van der Waals surface area (Å²) in [6, 6.07) is 17.1. The Kier molecular flexibility index (Phi) is 5.90. The smallest absolute Gasteiger partial charge is 0.123 e. The van der Waals surface area contributed by atoms with Crippen molar-refractivity contribution in [3.63, 3.8) is 0 Å². The summed E-state index contributed by atoms with van der Waals surface area (Å²) in [6.45, 7) is 2.26. The van der Waals surface area contributed by atoms with Crippen molar-refractivity contribution in [3.8, 4) is 0 Å². The highest BCUT2D eigenvalue weighted by atomic mass is 19.1. The average molecular weight is 287 g/mol. The van der Waals surface area contributed by atoms with E-state index >= 15 is 0 Å². The first-order valence-electron chi connectivity index (χ1n) is 7.38. The van der Waals surface area contributed by atoms with E-state index in [1.807, 2.05) is 18.2 Å². The number of aliphatic hydroxyl groups excluding tert-OH is 1. The summed E-state index contributed by atoms with van der Waals surface area (Å²) in [5.41, 5.74) is 2.27. The second kappa shape index (κ2) is 7.91. The highest BCUT2D eigenvalue weighted by Gasteiger charge is 2.15. The SMILES string of the molecule is CC(NC(CCCO)c1ccccc1)c1ccc(F)cc1. The molecule has 2 aromatic carbocycles. The number of nitrogens with one attached hydrogen (secondary N) is 1. The fraction of sp³-hybridized carbons (Fsp3) is 0.333. The van der Waals surface area contributed by atoms with Gasteiger partial charge in [-0.05, 0) is 43.0 Å². The molecule has 2 rings (SSSR count). The zero-order valence-corrected chi connectivity index (χ0v) is 12.3. The third-order valence-electron chi connectivity index (χ3n) is 3.67. The van der Waals surface area contributed by atoms with E-state index in [-0.39, 0.29) is 24.5 Å². The molecule has 0 aliphatic rings. The standard InChI is InChI=1S/C18H22FNO/c1-14(15-9-11-17(19)12-10-15)20-18(8-5-13-21)16-6-3-2-4-7-16/h2-4,6-7,9-12,14,18,20-21H,5,8,13H2,1H3. The molecule has 0 aliphatic heterocycles. The lowest BCUT2D eigenvalue weighted by atomic mass is 9.99. The fourth-order valence-electron chi connectivity index (χ4n) is 2.48. The minimum Gasteiger partial charge on any atom is -0.396 e. The Labute approximate surface area is 125 Å². The quantitative estimate of drug-likeness (QED) is 0.807. The van der Waals surface area contributed by atoms with Crippen molar-refractivity contribution in [2.24, 2.45) is 0 Å². The first kappa shape index (κ1) is 15.7. The molecule has 0 bridgehead atoms. The van der Waals surface area contributed by atoms with Crippen molar-refractivity contribution in [2.45, 2.75) is 31.8 Å². The lowest BCUT2D eigenvalue weighted by Gasteiger charge is -2.24. The number of aliphatic hydroxyl groups is 1. The Morgan fingerprint density at radius 3 is 2.29 bits per heavy atom. The molecule has 3 heteroatoms. The minimum atomic E-state index is -0.217. The molecule has 0 amide bonds. The second-order valence-corrected chi connectivity index (χ2v) is 5.27. The average Bonchev–Trinajstić information content (AvgIpc) is 2.52. The lowest BCUT2D eigenvalue weighted by molar-refractivity contribution is 0.272. The highest BCUT2D eigenvalue weighted by Crippen LogP contribution is 2.23. The van der Waals surface area contributed by atoms with E-state index in [4.69, 9.17) is 5.11 Å². The van der Waals surface area contributed by atoms with Crippen LogP contribution < -0.4 is 5.32 Å². The van der Waals surface area contributed by atoms with Crippen LogP contribution in [0.15, 0.2) is 54.6 Å². The summed E-state index contributed by atoms with van der Waals surface area (Å²) < 4.78 is 13.0. The zero-order valence-electron chi connectivity index (χ0n) is 12.3. The van der Waals surface area contributed by atoms with Crippen molar-refractivity contribution in [3.05, 3.63) is 71.5 Å². The molecule has 2 N–H and O–H groups in total. The van der Waals surface area contributed by atoms with Gasteiger partial charge in [0, 0.05) is 18.7 Å². The predicted molar refractivity (Wildman–Crippen MR) is 83.5 cm³/mol. The van der Waals surface area contributed by atoms with Gasteiger partial charge in [0.05, 0.1) is 0 Å². The van der Waals surface area contributed by atoms with Crippen molar-refractivity contribution in [1.82, 2.24) is 5.32 Å². The van der Waals surface area contributed by atoms with Crippen LogP contribution in [-0.2, 0) is 0 Å². The molecular formula is C18H22FNO. The van der Waals surface area contributed by atoms with Gasteiger partial charge in [-0.3, -0.25) is 0 Å². The Morgan fingerprint density at radius 1 is 1.00 bits per heavy atom. The summed E-state index contributed by atoms with van der Waals surface area (Å²) >= 11 is 0. The van der Waals surface area contributed by atoms with Crippen LogP contribution in [0.25, 0.3) is 0 Å². The number of hydrogen-bond donors (Lipinski definition) is 2. The van der Waals surface area contributed by atoms with Crippen molar-refractivity contribution >= 4 is 0 Å². The van der Waals surface area contributed by atoms with Crippen LogP contribution >= 0.6 is 0 Å². The topological polar surface area (TPSA) is 32.3 Å². The first-order chi connectivity index (χ1) is 10.2. The predicted octanol–water partition coefficient (Wildman–Crippen LogP) is 3.99.